The lowest BCUT2D eigenvalue weighted by molar-refractivity contribution is -0.204. The van der Waals surface area contributed by atoms with E-state index in [1.54, 1.807) is 36.4 Å². The van der Waals surface area contributed by atoms with E-state index in [9.17, 15) is 24.0 Å². The number of carbonyl (C=O) groups excluding carboxylic acids is 5. The summed E-state index contributed by atoms with van der Waals surface area (Å²) in [7, 11) is 0. The lowest BCUT2D eigenvalue weighted by Crippen LogP contribution is -2.50. The van der Waals surface area contributed by atoms with Crippen molar-refractivity contribution in [3.05, 3.63) is 91.6 Å². The number of aromatic amines is 1. The van der Waals surface area contributed by atoms with Crippen LogP contribution in [0.3, 0.4) is 0 Å². The van der Waals surface area contributed by atoms with Crippen LogP contribution < -0.4 is 5.56 Å². The quantitative estimate of drug-likeness (QED) is 0.117. The van der Waals surface area contributed by atoms with Gasteiger partial charge in [0.05, 0.1) is 11.1 Å². The number of hydrogen-bond acceptors (Lipinski definition) is 14. The molecule has 18 heteroatoms. The molecule has 0 saturated carbocycles. The third kappa shape index (κ3) is 9.19. The second-order valence-electron chi connectivity index (χ2n) is 13.4. The molecule has 2 aromatic carbocycles. The molecule has 0 spiro atoms. The topological polar surface area (TPSA) is 207 Å². The zero-order chi connectivity index (χ0) is 41.8. The molecule has 0 fully saturated rings. The van der Waals surface area contributed by atoms with Gasteiger partial charge in [0.1, 0.15) is 6.61 Å². The van der Waals surface area contributed by atoms with Gasteiger partial charge in [-0.1, -0.05) is 47.5 Å². The molecule has 4 atom stereocenters. The van der Waals surface area contributed by atoms with E-state index >= 15 is 4.79 Å². The molecule has 0 unspecified atom stereocenters. The van der Waals surface area contributed by atoms with Crippen LogP contribution in [-0.4, -0.2) is 79.3 Å². The third-order valence-corrected chi connectivity index (χ3v) is 9.55. The molecule has 3 aromatic heterocycles. The molecule has 6 rings (SSSR count). The highest BCUT2D eigenvalue weighted by molar-refractivity contribution is 6.31. The van der Waals surface area contributed by atoms with Crippen LogP contribution in [0.2, 0.25) is 10.0 Å². The molecule has 16 nitrogen and oxygen atoms in total. The fourth-order valence-electron chi connectivity index (χ4n) is 6.90. The number of halogens is 2. The summed E-state index contributed by atoms with van der Waals surface area (Å²) in [6, 6.07) is 14.3. The molecule has 0 saturated heterocycles. The third-order valence-electron chi connectivity index (χ3n) is 9.05. The number of nitrogens with one attached hydrogen (secondary N) is 1. The van der Waals surface area contributed by atoms with Gasteiger partial charge < -0.3 is 23.7 Å². The van der Waals surface area contributed by atoms with E-state index in [1.807, 2.05) is 18.2 Å². The summed E-state index contributed by atoms with van der Waals surface area (Å²) in [5.41, 5.74) is 3.80. The van der Waals surface area contributed by atoms with Crippen LogP contribution in [-0.2, 0) is 54.1 Å². The second-order valence-corrected chi connectivity index (χ2v) is 14.3. The predicted octanol–water partition coefficient (Wildman–Crippen LogP) is 5.78. The Balaban J connectivity index is 1.63. The van der Waals surface area contributed by atoms with Crippen LogP contribution in [0.25, 0.3) is 39.6 Å². The van der Waals surface area contributed by atoms with Gasteiger partial charge in [0.2, 0.25) is 11.9 Å². The maximum Gasteiger partial charge on any atom is 0.303 e. The molecule has 302 valence electrons. The monoisotopic (exact) mass is 833 g/mol. The van der Waals surface area contributed by atoms with E-state index in [0.717, 1.165) is 62.1 Å². The van der Waals surface area contributed by atoms with E-state index in [0.29, 0.717) is 39.7 Å². The number of benzene rings is 2. The van der Waals surface area contributed by atoms with Gasteiger partial charge in [0.25, 0.3) is 5.56 Å². The minimum Gasteiger partial charge on any atom is -0.462 e. The van der Waals surface area contributed by atoms with Crippen molar-refractivity contribution in [1.29, 1.82) is 0 Å². The SMILES string of the molecule is CC(=O)OC[C@@H](OC(C)=O)[C@@H](OC(C)=O)[C@@H](OC(C)=O)[C@@H](OC(C)=O)c1n[nH]c2nc3nc4c(c(-c5ccc(Cl)cc5)c3c(=O)n12)CCC/C4=C\c1ccc(Cl)cc1. The van der Waals surface area contributed by atoms with Crippen molar-refractivity contribution in [1.82, 2.24) is 24.6 Å². The van der Waals surface area contributed by atoms with Crippen molar-refractivity contribution in [2.75, 3.05) is 6.61 Å². The molecule has 0 amide bonds. The van der Waals surface area contributed by atoms with E-state index in [1.165, 1.54) is 0 Å². The Morgan fingerprint density at radius 2 is 1.38 bits per heavy atom. The number of fused-ring (bicyclic) bond motifs is 3. The number of nitrogens with zero attached hydrogens (tertiary/aromatic N) is 4. The summed E-state index contributed by atoms with van der Waals surface area (Å²) in [6.07, 6.45) is -3.06. The Morgan fingerprint density at radius 1 is 0.776 bits per heavy atom. The number of ether oxygens (including phenoxy) is 5. The van der Waals surface area contributed by atoms with Crippen LogP contribution in [0.4, 0.5) is 0 Å². The van der Waals surface area contributed by atoms with E-state index in [-0.39, 0.29) is 22.6 Å². The molecule has 1 aliphatic rings. The molecule has 3 heterocycles. The van der Waals surface area contributed by atoms with Crippen molar-refractivity contribution in [3.63, 3.8) is 0 Å². The van der Waals surface area contributed by atoms with Crippen molar-refractivity contribution < 1.29 is 47.7 Å². The molecule has 0 radical (unpaired) electrons. The highest BCUT2D eigenvalue weighted by atomic mass is 35.5. The Kier molecular flexibility index (Phi) is 12.6. The zero-order valence-corrected chi connectivity index (χ0v) is 33.4. The number of pyridine rings is 1. The summed E-state index contributed by atoms with van der Waals surface area (Å²) < 4.78 is 28.4. The zero-order valence-electron chi connectivity index (χ0n) is 31.9. The van der Waals surface area contributed by atoms with E-state index < -0.39 is 66.4 Å². The Hall–Kier alpha value is -6.13. The summed E-state index contributed by atoms with van der Waals surface area (Å²) in [5, 5.41) is 8.15. The van der Waals surface area contributed by atoms with Gasteiger partial charge in [0, 0.05) is 50.2 Å². The lowest BCUT2D eigenvalue weighted by atomic mass is 9.84. The van der Waals surface area contributed by atoms with Gasteiger partial charge in [-0.2, -0.15) is 10.1 Å². The Bertz CT molecular complexity index is 2520. The van der Waals surface area contributed by atoms with Crippen molar-refractivity contribution in [3.8, 4) is 11.1 Å². The van der Waals surface area contributed by atoms with Crippen LogP contribution in [0.15, 0.2) is 53.3 Å². The number of allylic oxidation sites excluding steroid dienone is 1. The highest BCUT2D eigenvalue weighted by Gasteiger charge is 2.46. The minimum absolute atomic E-state index is 0.0717. The fraction of sp³-hybridized carbons (Fsp3) is 0.325. The molecule has 1 aliphatic carbocycles. The molecule has 1 N–H and O–H groups in total. The normalized spacial score (nSPS) is 15.2. The maximum absolute atomic E-state index is 15.1. The second kappa shape index (κ2) is 17.6. The first-order chi connectivity index (χ1) is 27.6. The van der Waals surface area contributed by atoms with Gasteiger partial charge in [-0.3, -0.25) is 28.8 Å². The molecular formula is C40H37Cl2N5O11. The van der Waals surface area contributed by atoms with Gasteiger partial charge >= 0.3 is 29.8 Å². The largest absolute Gasteiger partial charge is 0.462 e. The first-order valence-electron chi connectivity index (χ1n) is 18.0. The number of H-pyrrole nitrogens is 1. The number of hydrogen-bond donors (Lipinski definition) is 1. The highest BCUT2D eigenvalue weighted by Crippen LogP contribution is 2.40. The van der Waals surface area contributed by atoms with Gasteiger partial charge in [-0.25, -0.2) is 14.5 Å². The van der Waals surface area contributed by atoms with Crippen LogP contribution in [0, 0.1) is 0 Å². The smallest absolute Gasteiger partial charge is 0.303 e. The predicted molar refractivity (Wildman–Crippen MR) is 209 cm³/mol. The average molecular weight is 835 g/mol. The summed E-state index contributed by atoms with van der Waals surface area (Å²) in [4.78, 5) is 86.9. The number of carbonyl (C=O) groups is 5. The number of esters is 5. The number of rotatable bonds is 12. The summed E-state index contributed by atoms with van der Waals surface area (Å²) in [6.45, 7) is 4.59. The average Bonchev–Trinajstić information content (AvgIpc) is 3.58. The van der Waals surface area contributed by atoms with Crippen LogP contribution in [0.1, 0.15) is 76.2 Å². The van der Waals surface area contributed by atoms with Gasteiger partial charge in [-0.05, 0) is 71.9 Å². The lowest BCUT2D eigenvalue weighted by Gasteiger charge is -2.34. The first-order valence-corrected chi connectivity index (χ1v) is 18.7. The van der Waals surface area contributed by atoms with Crippen LogP contribution >= 0.6 is 23.2 Å². The Labute approximate surface area is 340 Å². The number of aromatic nitrogens is 5. The fourth-order valence-corrected chi connectivity index (χ4v) is 7.15. The van der Waals surface area contributed by atoms with Crippen molar-refractivity contribution >= 4 is 81.5 Å². The van der Waals surface area contributed by atoms with Gasteiger partial charge in [0.15, 0.2) is 29.8 Å². The molecule has 5 aromatic rings. The Morgan fingerprint density at radius 3 is 1.98 bits per heavy atom. The van der Waals surface area contributed by atoms with E-state index in [2.05, 4.69) is 10.2 Å². The molecule has 0 bridgehead atoms. The van der Waals surface area contributed by atoms with Crippen LogP contribution in [0.5, 0.6) is 0 Å². The van der Waals surface area contributed by atoms with E-state index in [4.69, 9.17) is 56.9 Å². The van der Waals surface area contributed by atoms with Crippen molar-refractivity contribution in [2.45, 2.75) is 78.3 Å². The first kappa shape index (κ1) is 41.5. The van der Waals surface area contributed by atoms with Gasteiger partial charge in [-0.15, -0.1) is 0 Å². The maximum atomic E-state index is 15.1. The minimum atomic E-state index is -1.85. The summed E-state index contributed by atoms with van der Waals surface area (Å²) in [5.74, 6) is -4.95. The van der Waals surface area contributed by atoms with Crippen molar-refractivity contribution in [2.24, 2.45) is 0 Å². The molecule has 58 heavy (non-hydrogen) atoms. The molecular weight excluding hydrogens is 797 g/mol. The summed E-state index contributed by atoms with van der Waals surface area (Å²) >= 11 is 12.5. The molecule has 0 aliphatic heterocycles. The standard InChI is InChI=1S/C40H37Cl2N5O11/c1-19(48)54-18-30(55-20(2)49)34(56-21(3)50)35(57-22(4)51)36(58-23(5)52)38-45-46-40-44-37-32(39(53)47(38)40)31(25-11-15-28(42)16-12-25)29-8-6-7-26(33(29)43-37)17-24-9-13-27(41)14-10-24/h9-17,30,34-36H,6-8,18H2,1-5H3,(H,43,44,46)/b26-17+/t30-,34-,35-,36-/m1/s1.